The Bertz CT molecular complexity index is 461. The van der Waals surface area contributed by atoms with Crippen LogP contribution in [0.15, 0.2) is 12.4 Å². The fourth-order valence-corrected chi connectivity index (χ4v) is 2.56. The molecular formula is C15H26N4O. The maximum absolute atomic E-state index is 12.3. The zero-order valence-electron chi connectivity index (χ0n) is 13.1. The largest absolute Gasteiger partial charge is 0.341 e. The summed E-state index contributed by atoms with van der Waals surface area (Å²) in [7, 11) is 2.02. The van der Waals surface area contributed by atoms with Crippen molar-refractivity contribution in [1.82, 2.24) is 19.4 Å². The number of hydrogen-bond donors (Lipinski definition) is 0. The first-order valence-corrected chi connectivity index (χ1v) is 7.36. The summed E-state index contributed by atoms with van der Waals surface area (Å²) in [6.07, 6.45) is 4.84. The Morgan fingerprint density at radius 1 is 1.25 bits per heavy atom. The van der Waals surface area contributed by atoms with E-state index in [9.17, 15) is 4.79 Å². The van der Waals surface area contributed by atoms with E-state index in [1.54, 1.807) is 0 Å². The van der Waals surface area contributed by atoms with Gasteiger partial charge in [-0.1, -0.05) is 20.8 Å². The summed E-state index contributed by atoms with van der Waals surface area (Å²) in [4.78, 5) is 21.1. The smallest absolute Gasteiger partial charge is 0.227 e. The van der Waals surface area contributed by atoms with Crippen molar-refractivity contribution >= 4 is 5.91 Å². The predicted molar refractivity (Wildman–Crippen MR) is 79.1 cm³/mol. The summed E-state index contributed by atoms with van der Waals surface area (Å²) in [6.45, 7) is 10.5. The zero-order valence-corrected chi connectivity index (χ0v) is 13.1. The van der Waals surface area contributed by atoms with Gasteiger partial charge in [-0.15, -0.1) is 0 Å². The van der Waals surface area contributed by atoms with Gasteiger partial charge in [0, 0.05) is 51.0 Å². The van der Waals surface area contributed by atoms with Gasteiger partial charge in [0.15, 0.2) is 0 Å². The summed E-state index contributed by atoms with van der Waals surface area (Å²) in [5, 5.41) is 0. The van der Waals surface area contributed by atoms with Crippen molar-refractivity contribution in [3.05, 3.63) is 18.2 Å². The van der Waals surface area contributed by atoms with E-state index < -0.39 is 0 Å². The fourth-order valence-electron chi connectivity index (χ4n) is 2.56. The highest BCUT2D eigenvalue weighted by molar-refractivity contribution is 5.81. The maximum Gasteiger partial charge on any atom is 0.227 e. The van der Waals surface area contributed by atoms with Gasteiger partial charge in [-0.25, -0.2) is 4.98 Å². The first-order chi connectivity index (χ1) is 9.38. The number of rotatable bonds is 2. The lowest BCUT2D eigenvalue weighted by molar-refractivity contribution is -0.139. The van der Waals surface area contributed by atoms with Crippen LogP contribution in [-0.2, 0) is 18.4 Å². The monoisotopic (exact) mass is 278 g/mol. The Kier molecular flexibility index (Phi) is 4.48. The summed E-state index contributed by atoms with van der Waals surface area (Å²) in [5.74, 6) is 1.34. The Labute approximate surface area is 121 Å². The average Bonchev–Trinajstić information content (AvgIpc) is 2.63. The van der Waals surface area contributed by atoms with Crippen molar-refractivity contribution < 1.29 is 4.79 Å². The molecule has 112 valence electrons. The molecule has 5 nitrogen and oxygen atoms in total. The molecule has 1 fully saturated rings. The highest BCUT2D eigenvalue weighted by Crippen LogP contribution is 2.19. The second kappa shape index (κ2) is 5.95. The molecule has 1 aliphatic rings. The predicted octanol–water partition coefficient (Wildman–Crippen LogP) is 1.50. The van der Waals surface area contributed by atoms with Crippen LogP contribution in [0.4, 0.5) is 0 Å². The molecule has 0 aliphatic carbocycles. The van der Waals surface area contributed by atoms with Crippen LogP contribution in [0.2, 0.25) is 0 Å². The quantitative estimate of drug-likeness (QED) is 0.823. The fraction of sp³-hybridized carbons (Fsp3) is 0.733. The van der Waals surface area contributed by atoms with Gasteiger partial charge in [0.2, 0.25) is 5.91 Å². The molecule has 1 aliphatic heterocycles. The lowest BCUT2D eigenvalue weighted by atomic mass is 9.94. The Morgan fingerprint density at radius 3 is 2.60 bits per heavy atom. The molecule has 0 N–H and O–H groups in total. The van der Waals surface area contributed by atoms with Crippen LogP contribution in [0, 0.1) is 5.41 Å². The summed E-state index contributed by atoms with van der Waals surface area (Å²) < 4.78 is 2.06. The number of hydrogen-bond acceptors (Lipinski definition) is 3. The molecular weight excluding hydrogens is 252 g/mol. The molecule has 2 rings (SSSR count). The molecule has 20 heavy (non-hydrogen) atoms. The molecule has 1 aromatic rings. The summed E-state index contributed by atoms with van der Waals surface area (Å²) in [6, 6.07) is 0. The zero-order chi connectivity index (χ0) is 14.8. The highest BCUT2D eigenvalue weighted by Gasteiger charge is 2.28. The molecule has 0 unspecified atom stereocenters. The Morgan fingerprint density at radius 2 is 2.00 bits per heavy atom. The molecule has 0 saturated carbocycles. The Hall–Kier alpha value is -1.36. The van der Waals surface area contributed by atoms with Crippen LogP contribution < -0.4 is 0 Å². The molecule has 0 aromatic carbocycles. The van der Waals surface area contributed by atoms with Crippen LogP contribution in [0.3, 0.4) is 0 Å². The minimum atomic E-state index is -0.283. The summed E-state index contributed by atoms with van der Waals surface area (Å²) >= 11 is 0. The summed E-state index contributed by atoms with van der Waals surface area (Å²) in [5.41, 5.74) is -0.283. The number of carbonyl (C=O) groups is 1. The molecule has 0 bridgehead atoms. The average molecular weight is 278 g/mol. The van der Waals surface area contributed by atoms with E-state index in [0.717, 1.165) is 45.0 Å². The second-order valence-electron chi connectivity index (χ2n) is 6.63. The topological polar surface area (TPSA) is 41.4 Å². The van der Waals surface area contributed by atoms with E-state index in [4.69, 9.17) is 0 Å². The van der Waals surface area contributed by atoms with Crippen molar-refractivity contribution in [3.63, 3.8) is 0 Å². The van der Waals surface area contributed by atoms with Gasteiger partial charge in [0.05, 0.1) is 6.54 Å². The van der Waals surface area contributed by atoms with Crippen LogP contribution >= 0.6 is 0 Å². The lowest BCUT2D eigenvalue weighted by Crippen LogP contribution is -2.41. The van der Waals surface area contributed by atoms with Gasteiger partial charge < -0.3 is 9.47 Å². The van der Waals surface area contributed by atoms with E-state index in [1.165, 1.54) is 0 Å². The number of carbonyl (C=O) groups excluding carboxylic acids is 1. The van der Waals surface area contributed by atoms with E-state index >= 15 is 0 Å². The minimum absolute atomic E-state index is 0.261. The van der Waals surface area contributed by atoms with Gasteiger partial charge in [-0.05, 0) is 6.42 Å². The first kappa shape index (κ1) is 15.0. The number of imidazole rings is 1. The van der Waals surface area contributed by atoms with Crippen LogP contribution in [0.25, 0.3) is 0 Å². The second-order valence-corrected chi connectivity index (χ2v) is 6.63. The highest BCUT2D eigenvalue weighted by atomic mass is 16.2. The van der Waals surface area contributed by atoms with E-state index in [2.05, 4.69) is 14.5 Å². The molecule has 5 heteroatoms. The maximum atomic E-state index is 12.3. The number of aromatic nitrogens is 2. The van der Waals surface area contributed by atoms with Crippen LogP contribution in [0.5, 0.6) is 0 Å². The molecule has 2 heterocycles. The van der Waals surface area contributed by atoms with E-state index in [0.29, 0.717) is 0 Å². The lowest BCUT2D eigenvalue weighted by Gasteiger charge is -2.28. The molecule has 1 aromatic heterocycles. The third-order valence-electron chi connectivity index (χ3n) is 3.80. The van der Waals surface area contributed by atoms with Crippen molar-refractivity contribution in [2.75, 3.05) is 26.2 Å². The van der Waals surface area contributed by atoms with E-state index in [-0.39, 0.29) is 11.3 Å². The van der Waals surface area contributed by atoms with Gasteiger partial charge >= 0.3 is 0 Å². The van der Waals surface area contributed by atoms with Gasteiger partial charge in [0.1, 0.15) is 5.82 Å². The number of amides is 1. The molecule has 1 amide bonds. The third kappa shape index (κ3) is 3.60. The van der Waals surface area contributed by atoms with Gasteiger partial charge in [-0.2, -0.15) is 0 Å². The van der Waals surface area contributed by atoms with E-state index in [1.807, 2.05) is 45.1 Å². The van der Waals surface area contributed by atoms with Gasteiger partial charge in [-0.3, -0.25) is 9.69 Å². The molecule has 0 spiro atoms. The first-order valence-electron chi connectivity index (χ1n) is 7.36. The Balaban J connectivity index is 1.93. The molecule has 0 radical (unpaired) electrons. The van der Waals surface area contributed by atoms with Crippen molar-refractivity contribution in [1.29, 1.82) is 0 Å². The normalized spacial score (nSPS) is 18.1. The van der Waals surface area contributed by atoms with Gasteiger partial charge in [0.25, 0.3) is 0 Å². The van der Waals surface area contributed by atoms with Crippen molar-refractivity contribution in [2.45, 2.75) is 33.7 Å². The minimum Gasteiger partial charge on any atom is -0.341 e. The van der Waals surface area contributed by atoms with Crippen molar-refractivity contribution in [3.8, 4) is 0 Å². The van der Waals surface area contributed by atoms with Crippen molar-refractivity contribution in [2.24, 2.45) is 12.5 Å². The number of aryl methyl sites for hydroxylation is 1. The standard InChI is InChI=1S/C15H26N4O/c1-15(2,3)14(20)19-8-5-7-18(10-11-19)12-13-16-6-9-17(13)4/h6,9H,5,7-8,10-12H2,1-4H3. The molecule has 0 atom stereocenters. The van der Waals surface area contributed by atoms with Crippen LogP contribution in [0.1, 0.15) is 33.0 Å². The molecule has 1 saturated heterocycles. The SMILES string of the molecule is Cn1ccnc1CN1CCCN(C(=O)C(C)(C)C)CC1. The third-order valence-corrected chi connectivity index (χ3v) is 3.80. The number of nitrogens with zero attached hydrogens (tertiary/aromatic N) is 4. The van der Waals surface area contributed by atoms with Crippen LogP contribution in [-0.4, -0.2) is 51.4 Å².